The van der Waals surface area contributed by atoms with Crippen molar-refractivity contribution in [3.63, 3.8) is 0 Å². The molecule has 2 aromatic rings. The Hall–Kier alpha value is -5.61. The molecule has 2 aliphatic rings. The second-order valence-corrected chi connectivity index (χ2v) is 15.6. The van der Waals surface area contributed by atoms with E-state index in [0.717, 1.165) is 53.5 Å². The molecule has 0 bridgehead atoms. The largest absolute Gasteiger partial charge is 0.465 e. The number of thioether (sulfide) groups is 1. The highest BCUT2D eigenvalue weighted by atomic mass is 32.2. The first-order chi connectivity index (χ1) is 29.9. The van der Waals surface area contributed by atoms with Crippen molar-refractivity contribution in [2.45, 2.75) is 114 Å². The SMILES string of the molecule is CCS[C@@H]1O[C@H](CO[C@]2(C(=O)OC)C[C@H](OC(C)=O)[C@@H](NC(C)=O)[C@H]([C@@H](OC(C)=O)[C@@H](COC(C)=O)OC(C)=O)O2)[C@H](O)[C@H](OC(=O)c2ccccc2)[C@H]1OC(=O)c1ccccc1. The molecule has 20 nitrogen and oxygen atoms in total. The third-order valence-corrected chi connectivity index (χ3v) is 10.5. The summed E-state index contributed by atoms with van der Waals surface area (Å²) >= 11 is 1.14. The number of aliphatic hydroxyl groups is 1. The van der Waals surface area contributed by atoms with Gasteiger partial charge in [-0.15, -0.1) is 11.8 Å². The molecule has 21 heteroatoms. The average molecular weight is 906 g/mol. The van der Waals surface area contributed by atoms with E-state index in [1.54, 1.807) is 43.3 Å². The number of aliphatic hydroxyl groups excluding tert-OH is 1. The molecule has 0 aromatic heterocycles. The van der Waals surface area contributed by atoms with Gasteiger partial charge in [-0.05, 0) is 30.0 Å². The highest BCUT2D eigenvalue weighted by Gasteiger charge is 2.60. The molecule has 0 radical (unpaired) electrons. The van der Waals surface area contributed by atoms with Crippen molar-refractivity contribution >= 4 is 59.5 Å². The summed E-state index contributed by atoms with van der Waals surface area (Å²) in [6.07, 6.45) is -13.9. The van der Waals surface area contributed by atoms with Gasteiger partial charge in [0.2, 0.25) is 5.91 Å². The molecule has 2 aliphatic heterocycles. The van der Waals surface area contributed by atoms with Crippen LogP contribution in [0.15, 0.2) is 60.7 Å². The van der Waals surface area contributed by atoms with Crippen molar-refractivity contribution in [1.29, 1.82) is 0 Å². The fourth-order valence-electron chi connectivity index (χ4n) is 6.88. The molecule has 0 aliphatic carbocycles. The van der Waals surface area contributed by atoms with Gasteiger partial charge >= 0.3 is 41.8 Å². The molecule has 4 rings (SSSR count). The minimum Gasteiger partial charge on any atom is -0.465 e. The van der Waals surface area contributed by atoms with E-state index in [0.29, 0.717) is 5.75 Å². The van der Waals surface area contributed by atoms with Crippen molar-refractivity contribution in [2.24, 2.45) is 0 Å². The zero-order valence-corrected chi connectivity index (χ0v) is 36.4. The first-order valence-corrected chi connectivity index (χ1v) is 20.7. The summed E-state index contributed by atoms with van der Waals surface area (Å²) in [5.74, 6) is -9.60. The summed E-state index contributed by atoms with van der Waals surface area (Å²) in [7, 11) is 0.975. The predicted molar refractivity (Wildman–Crippen MR) is 215 cm³/mol. The van der Waals surface area contributed by atoms with Gasteiger partial charge in [0.1, 0.15) is 36.5 Å². The molecule has 0 spiro atoms. The van der Waals surface area contributed by atoms with E-state index in [4.69, 9.17) is 47.4 Å². The maximum absolute atomic E-state index is 14.0. The maximum Gasteiger partial charge on any atom is 0.366 e. The van der Waals surface area contributed by atoms with Gasteiger partial charge in [0.05, 0.1) is 37.3 Å². The number of esters is 7. The Labute approximate surface area is 366 Å². The average Bonchev–Trinajstić information content (AvgIpc) is 3.23. The van der Waals surface area contributed by atoms with Crippen LogP contribution in [0, 0.1) is 0 Å². The lowest BCUT2D eigenvalue weighted by molar-refractivity contribution is -0.324. The van der Waals surface area contributed by atoms with E-state index < -0.39 is 133 Å². The Bertz CT molecular complexity index is 1930. The number of carbonyl (C=O) groups is 8. The first-order valence-electron chi connectivity index (χ1n) is 19.7. The normalized spacial score (nSPS) is 26.3. The molecule has 2 fully saturated rings. The quantitative estimate of drug-likeness (QED) is 0.160. The van der Waals surface area contributed by atoms with Gasteiger partial charge < -0.3 is 57.8 Å². The van der Waals surface area contributed by atoms with Gasteiger partial charge in [-0.3, -0.25) is 24.0 Å². The number of nitrogens with one attached hydrogen (secondary N) is 1. The predicted octanol–water partition coefficient (Wildman–Crippen LogP) is 1.81. The Morgan fingerprint density at radius 3 is 1.86 bits per heavy atom. The number of rotatable bonds is 18. The molecule has 2 N–H and O–H groups in total. The van der Waals surface area contributed by atoms with Crippen LogP contribution in [-0.4, -0.2) is 145 Å². The zero-order valence-electron chi connectivity index (χ0n) is 35.6. The topological polar surface area (TPSA) is 261 Å². The van der Waals surface area contributed by atoms with Crippen molar-refractivity contribution in [3.8, 4) is 0 Å². The second kappa shape index (κ2) is 23.2. The van der Waals surface area contributed by atoms with Gasteiger partial charge in [-0.25, -0.2) is 14.4 Å². The third kappa shape index (κ3) is 13.7. The van der Waals surface area contributed by atoms with E-state index in [-0.39, 0.29) is 11.1 Å². The minimum absolute atomic E-state index is 0.108. The Balaban J connectivity index is 1.81. The Morgan fingerprint density at radius 2 is 1.37 bits per heavy atom. The highest BCUT2D eigenvalue weighted by Crippen LogP contribution is 2.39. The van der Waals surface area contributed by atoms with Crippen LogP contribution in [0.2, 0.25) is 0 Å². The third-order valence-electron chi connectivity index (χ3n) is 9.43. The van der Waals surface area contributed by atoms with Crippen LogP contribution in [0.5, 0.6) is 0 Å². The monoisotopic (exact) mass is 905 g/mol. The van der Waals surface area contributed by atoms with Crippen LogP contribution in [0.4, 0.5) is 0 Å². The molecule has 2 saturated heterocycles. The fourth-order valence-corrected chi connectivity index (χ4v) is 7.83. The van der Waals surface area contributed by atoms with Gasteiger partial charge in [0, 0.05) is 34.6 Å². The number of hydrogen-bond acceptors (Lipinski definition) is 20. The zero-order chi connectivity index (χ0) is 46.4. The number of benzene rings is 2. The standard InChI is InChI=1S/C42H51NO19S/c1-8-63-40-37(61-39(51)28-17-13-10-14-18-28)36(60-38(50)27-15-11-9-12-16-27)33(49)30(59-40)21-55-42(41(52)53-7)19-29(56-24(4)46)32(43-22(2)44)35(62-42)34(58-26(6)48)31(57-25(5)47)20-54-23(3)45/h9-18,29-37,40,49H,8,19-21H2,1-7H3,(H,43,44)/t29-,30+,31+,32+,33-,34-,35+,36-,37+,40-,42+/m0/s1. The van der Waals surface area contributed by atoms with Crippen LogP contribution in [0.25, 0.3) is 0 Å². The van der Waals surface area contributed by atoms with Crippen LogP contribution in [-0.2, 0) is 76.1 Å². The fraction of sp³-hybridized carbons (Fsp3) is 0.524. The van der Waals surface area contributed by atoms with Gasteiger partial charge in [-0.2, -0.15) is 0 Å². The van der Waals surface area contributed by atoms with Gasteiger partial charge in [0.25, 0.3) is 5.79 Å². The molecule has 344 valence electrons. The minimum atomic E-state index is -2.67. The number of hydrogen-bond donors (Lipinski definition) is 2. The lowest BCUT2D eigenvalue weighted by atomic mass is 9.88. The number of methoxy groups -OCH3 is 1. The van der Waals surface area contributed by atoms with E-state index in [1.165, 1.54) is 24.3 Å². The van der Waals surface area contributed by atoms with E-state index in [2.05, 4.69) is 5.32 Å². The molecular formula is C42H51NO19S. The molecule has 0 unspecified atom stereocenters. The summed E-state index contributed by atoms with van der Waals surface area (Å²) in [5.41, 5.74) is -0.860. The Kier molecular flexibility index (Phi) is 18.4. The summed E-state index contributed by atoms with van der Waals surface area (Å²) in [4.78, 5) is 103. The Morgan fingerprint density at radius 1 is 0.794 bits per heavy atom. The van der Waals surface area contributed by atoms with Crippen molar-refractivity contribution in [1.82, 2.24) is 5.32 Å². The summed E-state index contributed by atoms with van der Waals surface area (Å²) < 4.78 is 57.4. The molecule has 63 heavy (non-hydrogen) atoms. The van der Waals surface area contributed by atoms with E-state index in [1.807, 2.05) is 0 Å². The van der Waals surface area contributed by atoms with Crippen LogP contribution >= 0.6 is 11.8 Å². The van der Waals surface area contributed by atoms with Crippen molar-refractivity contribution in [3.05, 3.63) is 71.8 Å². The number of ether oxygens (including phenoxy) is 10. The second-order valence-electron chi connectivity index (χ2n) is 14.2. The summed E-state index contributed by atoms with van der Waals surface area (Å²) in [6.45, 7) is 5.49. The highest BCUT2D eigenvalue weighted by molar-refractivity contribution is 7.99. The molecule has 2 aromatic carbocycles. The smallest absolute Gasteiger partial charge is 0.366 e. The van der Waals surface area contributed by atoms with Crippen LogP contribution in [0.3, 0.4) is 0 Å². The van der Waals surface area contributed by atoms with Crippen molar-refractivity contribution in [2.75, 3.05) is 26.1 Å². The molecule has 2 heterocycles. The first kappa shape index (κ1) is 50.0. The van der Waals surface area contributed by atoms with Gasteiger partial charge in [0.15, 0.2) is 24.4 Å². The summed E-state index contributed by atoms with van der Waals surface area (Å²) in [6, 6.07) is 14.3. The van der Waals surface area contributed by atoms with Crippen LogP contribution < -0.4 is 5.32 Å². The summed E-state index contributed by atoms with van der Waals surface area (Å²) in [5, 5.41) is 14.5. The van der Waals surface area contributed by atoms with Crippen LogP contribution in [0.1, 0.15) is 68.7 Å². The maximum atomic E-state index is 14.0. The molecular weight excluding hydrogens is 855 g/mol. The van der Waals surface area contributed by atoms with Gasteiger partial charge in [-0.1, -0.05) is 43.3 Å². The molecule has 11 atom stereocenters. The number of amides is 1. The number of carbonyl (C=O) groups excluding carboxylic acids is 8. The molecule has 0 saturated carbocycles. The lowest BCUT2D eigenvalue weighted by Gasteiger charge is -2.49. The van der Waals surface area contributed by atoms with E-state index >= 15 is 0 Å². The van der Waals surface area contributed by atoms with Crippen molar-refractivity contribution < 1.29 is 90.8 Å². The molecule has 1 amide bonds. The van der Waals surface area contributed by atoms with E-state index in [9.17, 15) is 43.5 Å². The lowest BCUT2D eigenvalue weighted by Crippen LogP contribution is -2.69.